The molecule has 0 bridgehead atoms. The first kappa shape index (κ1) is 13.5. The molecule has 2 aromatic rings. The first-order valence-electron chi connectivity index (χ1n) is 6.12. The van der Waals surface area contributed by atoms with Crippen molar-refractivity contribution in [2.24, 2.45) is 0 Å². The predicted molar refractivity (Wildman–Crippen MR) is 70.6 cm³/mol. The normalized spacial score (nSPS) is 12.2. The van der Waals surface area contributed by atoms with Gasteiger partial charge in [0.25, 0.3) is 0 Å². The summed E-state index contributed by atoms with van der Waals surface area (Å²) in [6.07, 6.45) is 1.45. The number of nitrogens with zero attached hydrogens (tertiary/aromatic N) is 1. The summed E-state index contributed by atoms with van der Waals surface area (Å²) in [6.45, 7) is 1.99. The molecular weight excluding hydrogens is 245 g/mol. The predicted octanol–water partition coefficient (Wildman–Crippen LogP) is 2.87. The van der Waals surface area contributed by atoms with Crippen LogP contribution in [0.5, 0.6) is 5.75 Å². The number of aliphatic hydroxyl groups excluding tert-OH is 1. The van der Waals surface area contributed by atoms with E-state index in [1.54, 1.807) is 12.3 Å². The van der Waals surface area contributed by atoms with Crippen LogP contribution < -0.4 is 4.74 Å². The molecule has 4 heteroatoms. The molecule has 1 aromatic heterocycles. The summed E-state index contributed by atoms with van der Waals surface area (Å²) in [4.78, 5) is 4.19. The van der Waals surface area contributed by atoms with Crippen molar-refractivity contribution in [2.45, 2.75) is 19.4 Å². The van der Waals surface area contributed by atoms with Gasteiger partial charge in [-0.2, -0.15) is 0 Å². The standard InChI is InChI=1S/C15H16FNO2/c1-3-10-5-4-8-17-14(10)15(18)11-6-7-13(19-2)12(16)9-11/h4-9,15,18H,3H2,1-2H3. The van der Waals surface area contributed by atoms with Gasteiger partial charge in [0.2, 0.25) is 0 Å². The number of benzene rings is 1. The van der Waals surface area contributed by atoms with Crippen molar-refractivity contribution < 1.29 is 14.2 Å². The second-order valence-electron chi connectivity index (χ2n) is 4.20. The molecular formula is C15H16FNO2. The lowest BCUT2D eigenvalue weighted by molar-refractivity contribution is 0.213. The molecule has 1 N–H and O–H groups in total. The van der Waals surface area contributed by atoms with Gasteiger partial charge in [0.15, 0.2) is 11.6 Å². The van der Waals surface area contributed by atoms with Crippen LogP contribution in [-0.4, -0.2) is 17.2 Å². The highest BCUT2D eigenvalue weighted by atomic mass is 19.1. The summed E-state index contributed by atoms with van der Waals surface area (Å²) in [6, 6.07) is 8.15. The second-order valence-corrected chi connectivity index (χ2v) is 4.20. The Morgan fingerprint density at radius 2 is 2.16 bits per heavy atom. The number of aromatic nitrogens is 1. The van der Waals surface area contributed by atoms with Crippen LogP contribution >= 0.6 is 0 Å². The average molecular weight is 261 g/mol. The SMILES string of the molecule is CCc1cccnc1C(O)c1ccc(OC)c(F)c1. The van der Waals surface area contributed by atoms with Crippen molar-refractivity contribution in [2.75, 3.05) is 7.11 Å². The monoisotopic (exact) mass is 261 g/mol. The van der Waals surface area contributed by atoms with Crippen molar-refractivity contribution in [1.82, 2.24) is 4.98 Å². The molecule has 3 nitrogen and oxygen atoms in total. The Morgan fingerprint density at radius 3 is 2.79 bits per heavy atom. The van der Waals surface area contributed by atoms with Gasteiger partial charge < -0.3 is 9.84 Å². The van der Waals surface area contributed by atoms with E-state index in [0.717, 1.165) is 12.0 Å². The van der Waals surface area contributed by atoms with E-state index in [1.807, 2.05) is 19.1 Å². The fourth-order valence-electron chi connectivity index (χ4n) is 2.01. The largest absolute Gasteiger partial charge is 0.494 e. The Kier molecular flexibility index (Phi) is 4.12. The summed E-state index contributed by atoms with van der Waals surface area (Å²) >= 11 is 0. The third-order valence-electron chi connectivity index (χ3n) is 3.06. The molecule has 1 unspecified atom stereocenters. The number of pyridine rings is 1. The number of halogens is 1. The number of hydrogen-bond donors (Lipinski definition) is 1. The molecule has 100 valence electrons. The maximum atomic E-state index is 13.7. The number of aryl methyl sites for hydroxylation is 1. The number of ether oxygens (including phenoxy) is 1. The minimum Gasteiger partial charge on any atom is -0.494 e. The van der Waals surface area contributed by atoms with Gasteiger partial charge in [-0.3, -0.25) is 4.98 Å². The molecule has 0 aliphatic rings. The van der Waals surface area contributed by atoms with Crippen LogP contribution in [0.3, 0.4) is 0 Å². The molecule has 0 aliphatic carbocycles. The van der Waals surface area contributed by atoms with Crippen LogP contribution in [0.25, 0.3) is 0 Å². The Morgan fingerprint density at radius 1 is 1.37 bits per heavy atom. The Balaban J connectivity index is 2.38. The minimum absolute atomic E-state index is 0.160. The second kappa shape index (κ2) is 5.80. The molecule has 1 atom stereocenters. The lowest BCUT2D eigenvalue weighted by Gasteiger charge is -2.14. The van der Waals surface area contributed by atoms with E-state index in [2.05, 4.69) is 4.98 Å². The zero-order valence-electron chi connectivity index (χ0n) is 10.9. The highest BCUT2D eigenvalue weighted by Gasteiger charge is 2.16. The van der Waals surface area contributed by atoms with Crippen molar-refractivity contribution in [3.63, 3.8) is 0 Å². The summed E-state index contributed by atoms with van der Waals surface area (Å²) in [7, 11) is 1.41. The molecule has 0 amide bonds. The zero-order valence-corrected chi connectivity index (χ0v) is 10.9. The minimum atomic E-state index is -0.934. The highest BCUT2D eigenvalue weighted by Crippen LogP contribution is 2.27. The van der Waals surface area contributed by atoms with Crippen molar-refractivity contribution in [3.05, 3.63) is 59.2 Å². The van der Waals surface area contributed by atoms with Crippen LogP contribution in [0.15, 0.2) is 36.5 Å². The Bertz CT molecular complexity index is 572. The quantitative estimate of drug-likeness (QED) is 0.920. The smallest absolute Gasteiger partial charge is 0.165 e. The number of aliphatic hydroxyl groups is 1. The maximum absolute atomic E-state index is 13.7. The van der Waals surface area contributed by atoms with Gasteiger partial charge in [0.05, 0.1) is 12.8 Å². The third-order valence-corrected chi connectivity index (χ3v) is 3.06. The van der Waals surface area contributed by atoms with E-state index >= 15 is 0 Å². The van der Waals surface area contributed by atoms with Gasteiger partial charge in [-0.05, 0) is 35.7 Å². The van der Waals surface area contributed by atoms with Crippen LogP contribution in [0.2, 0.25) is 0 Å². The Hall–Kier alpha value is -1.94. The van der Waals surface area contributed by atoms with Crippen LogP contribution in [0.1, 0.15) is 29.8 Å². The fourth-order valence-corrected chi connectivity index (χ4v) is 2.01. The highest BCUT2D eigenvalue weighted by molar-refractivity contribution is 5.35. The maximum Gasteiger partial charge on any atom is 0.165 e. The van der Waals surface area contributed by atoms with Crippen LogP contribution in [-0.2, 0) is 6.42 Å². The van der Waals surface area contributed by atoms with Gasteiger partial charge >= 0.3 is 0 Å². The third kappa shape index (κ3) is 2.74. The molecule has 19 heavy (non-hydrogen) atoms. The van der Waals surface area contributed by atoms with Crippen molar-refractivity contribution >= 4 is 0 Å². The molecule has 0 saturated heterocycles. The molecule has 0 fully saturated rings. The molecule has 1 heterocycles. The van der Waals surface area contributed by atoms with Crippen molar-refractivity contribution in [3.8, 4) is 5.75 Å². The van der Waals surface area contributed by atoms with Gasteiger partial charge in [0, 0.05) is 6.20 Å². The summed E-state index contributed by atoms with van der Waals surface area (Å²) < 4.78 is 18.5. The summed E-state index contributed by atoms with van der Waals surface area (Å²) in [5, 5.41) is 10.3. The van der Waals surface area contributed by atoms with Crippen LogP contribution in [0, 0.1) is 5.82 Å². The van der Waals surface area contributed by atoms with Gasteiger partial charge in [-0.15, -0.1) is 0 Å². The van der Waals surface area contributed by atoms with Gasteiger partial charge in [-0.25, -0.2) is 4.39 Å². The van der Waals surface area contributed by atoms with E-state index in [9.17, 15) is 9.50 Å². The number of methoxy groups -OCH3 is 1. The fraction of sp³-hybridized carbons (Fsp3) is 0.267. The lowest BCUT2D eigenvalue weighted by Crippen LogP contribution is -2.06. The first-order chi connectivity index (χ1) is 9.17. The number of hydrogen-bond acceptors (Lipinski definition) is 3. The van der Waals surface area contributed by atoms with Crippen LogP contribution in [0.4, 0.5) is 4.39 Å². The van der Waals surface area contributed by atoms with E-state index in [4.69, 9.17) is 4.74 Å². The molecule has 0 saturated carbocycles. The van der Waals surface area contributed by atoms with Gasteiger partial charge in [0.1, 0.15) is 6.10 Å². The molecule has 0 spiro atoms. The van der Waals surface area contributed by atoms with E-state index in [0.29, 0.717) is 11.3 Å². The topological polar surface area (TPSA) is 42.4 Å². The van der Waals surface area contributed by atoms with E-state index < -0.39 is 11.9 Å². The summed E-state index contributed by atoms with van der Waals surface area (Å²) in [5.74, 6) is -0.333. The first-order valence-corrected chi connectivity index (χ1v) is 6.12. The molecule has 2 rings (SSSR count). The van der Waals surface area contributed by atoms with E-state index in [-0.39, 0.29) is 5.75 Å². The average Bonchev–Trinajstić information content (AvgIpc) is 2.46. The van der Waals surface area contributed by atoms with E-state index in [1.165, 1.54) is 19.2 Å². The van der Waals surface area contributed by atoms with Gasteiger partial charge in [-0.1, -0.05) is 19.1 Å². The Labute approximate surface area is 111 Å². The van der Waals surface area contributed by atoms with Crippen molar-refractivity contribution in [1.29, 1.82) is 0 Å². The zero-order chi connectivity index (χ0) is 13.8. The lowest BCUT2D eigenvalue weighted by atomic mass is 10.0. The molecule has 1 aromatic carbocycles. The number of rotatable bonds is 4. The molecule has 0 aliphatic heterocycles. The summed E-state index contributed by atoms with van der Waals surface area (Å²) in [5.41, 5.74) is 1.98. The molecule has 0 radical (unpaired) electrons.